The number of carboxylic acids is 1. The predicted molar refractivity (Wildman–Crippen MR) is 60.1 cm³/mol. The van der Waals surface area contributed by atoms with Gasteiger partial charge in [0.05, 0.1) is 6.54 Å². The third kappa shape index (κ3) is 3.63. The molecule has 1 rings (SSSR count). The monoisotopic (exact) mass is 287 g/mol. The molecule has 0 aromatic heterocycles. The van der Waals surface area contributed by atoms with Crippen LogP contribution in [0.25, 0.3) is 0 Å². The van der Waals surface area contributed by atoms with Crippen molar-refractivity contribution in [1.29, 1.82) is 0 Å². The van der Waals surface area contributed by atoms with Gasteiger partial charge in [0.15, 0.2) is 6.10 Å². The Morgan fingerprint density at radius 1 is 1.31 bits per heavy atom. The van der Waals surface area contributed by atoms with Gasteiger partial charge in [-0.2, -0.15) is 0 Å². The van der Waals surface area contributed by atoms with E-state index in [0.29, 0.717) is 5.56 Å². The summed E-state index contributed by atoms with van der Waals surface area (Å²) in [5.74, 6) is -1.79. The summed E-state index contributed by atoms with van der Waals surface area (Å²) < 4.78 is 0.842. The van der Waals surface area contributed by atoms with Crippen molar-refractivity contribution < 1.29 is 19.8 Å². The van der Waals surface area contributed by atoms with Crippen molar-refractivity contribution in [3.8, 4) is 0 Å². The van der Waals surface area contributed by atoms with E-state index in [-0.39, 0.29) is 6.54 Å². The molecule has 1 atom stereocenters. The minimum absolute atomic E-state index is 0.315. The Bertz CT molecular complexity index is 390. The average Bonchev–Trinajstić information content (AvgIpc) is 2.26. The molecular weight excluding hydrogens is 278 g/mol. The first-order valence-corrected chi connectivity index (χ1v) is 5.24. The fraction of sp³-hybridized carbons (Fsp3) is 0.200. The summed E-state index contributed by atoms with van der Waals surface area (Å²) >= 11 is 3.23. The number of benzene rings is 1. The number of halogens is 1. The maximum Gasteiger partial charge on any atom is 0.334 e. The maximum atomic E-state index is 11.5. The van der Waals surface area contributed by atoms with Crippen molar-refractivity contribution in [2.45, 2.75) is 6.10 Å². The lowest BCUT2D eigenvalue weighted by Crippen LogP contribution is -2.36. The molecule has 1 aromatic carbocycles. The Morgan fingerprint density at radius 3 is 2.38 bits per heavy atom. The first-order valence-electron chi connectivity index (χ1n) is 4.45. The summed E-state index contributed by atoms with van der Waals surface area (Å²) in [6.07, 6.45) is -1.58. The van der Waals surface area contributed by atoms with E-state index in [1.54, 1.807) is 24.3 Å². The molecule has 0 radical (unpaired) electrons. The molecule has 86 valence electrons. The molecule has 6 heteroatoms. The Kier molecular flexibility index (Phi) is 4.45. The van der Waals surface area contributed by atoms with Crippen LogP contribution in [0.2, 0.25) is 0 Å². The second-order valence-electron chi connectivity index (χ2n) is 3.07. The summed E-state index contributed by atoms with van der Waals surface area (Å²) in [6, 6.07) is 6.57. The fourth-order valence-electron chi connectivity index (χ4n) is 0.980. The standard InChI is InChI=1S/C10H10BrNO4/c11-7-3-1-6(2-4-7)9(14)12-5-8(13)10(15)16/h1-4,8,13H,5H2,(H,12,14)(H,15,16). The molecule has 1 aromatic rings. The van der Waals surface area contributed by atoms with Gasteiger partial charge in [0.25, 0.3) is 5.91 Å². The van der Waals surface area contributed by atoms with E-state index in [9.17, 15) is 9.59 Å². The molecule has 3 N–H and O–H groups in total. The second-order valence-corrected chi connectivity index (χ2v) is 3.99. The summed E-state index contributed by atoms with van der Waals surface area (Å²) in [7, 11) is 0. The fourth-order valence-corrected chi connectivity index (χ4v) is 1.24. The van der Waals surface area contributed by atoms with Crippen LogP contribution >= 0.6 is 15.9 Å². The summed E-state index contributed by atoms with van der Waals surface area (Å²) in [5.41, 5.74) is 0.404. The van der Waals surface area contributed by atoms with Crippen LogP contribution in [0.15, 0.2) is 28.7 Å². The largest absolute Gasteiger partial charge is 0.479 e. The van der Waals surface area contributed by atoms with Crippen LogP contribution in [-0.2, 0) is 4.79 Å². The van der Waals surface area contributed by atoms with Crippen molar-refractivity contribution in [2.24, 2.45) is 0 Å². The number of amides is 1. The number of nitrogens with one attached hydrogen (secondary N) is 1. The Morgan fingerprint density at radius 2 is 1.88 bits per heavy atom. The lowest BCUT2D eigenvalue weighted by Gasteiger charge is -2.07. The van der Waals surface area contributed by atoms with Crippen LogP contribution in [0.1, 0.15) is 10.4 Å². The van der Waals surface area contributed by atoms with Crippen molar-refractivity contribution >= 4 is 27.8 Å². The van der Waals surface area contributed by atoms with Gasteiger partial charge in [0, 0.05) is 10.0 Å². The zero-order valence-corrected chi connectivity index (χ0v) is 9.77. The van der Waals surface area contributed by atoms with Gasteiger partial charge in [-0.15, -0.1) is 0 Å². The number of aliphatic carboxylic acids is 1. The minimum atomic E-state index is -1.58. The number of aliphatic hydroxyl groups excluding tert-OH is 1. The van der Waals surface area contributed by atoms with Gasteiger partial charge >= 0.3 is 5.97 Å². The summed E-state index contributed by atoms with van der Waals surface area (Å²) in [4.78, 5) is 21.7. The zero-order chi connectivity index (χ0) is 12.1. The van der Waals surface area contributed by atoms with E-state index in [4.69, 9.17) is 10.2 Å². The maximum absolute atomic E-state index is 11.5. The smallest absolute Gasteiger partial charge is 0.334 e. The molecule has 0 aliphatic rings. The highest BCUT2D eigenvalue weighted by atomic mass is 79.9. The number of aliphatic hydroxyl groups is 1. The number of carboxylic acid groups (broad SMARTS) is 1. The molecular formula is C10H10BrNO4. The van der Waals surface area contributed by atoms with Crippen molar-refractivity contribution in [1.82, 2.24) is 5.32 Å². The second kappa shape index (κ2) is 5.62. The van der Waals surface area contributed by atoms with Crippen LogP contribution in [0.4, 0.5) is 0 Å². The SMILES string of the molecule is O=C(NCC(O)C(=O)O)c1ccc(Br)cc1. The lowest BCUT2D eigenvalue weighted by atomic mass is 10.2. The molecule has 0 heterocycles. The van der Waals surface area contributed by atoms with Gasteiger partial charge in [-0.25, -0.2) is 4.79 Å². The van der Waals surface area contributed by atoms with Crippen LogP contribution in [-0.4, -0.2) is 34.7 Å². The van der Waals surface area contributed by atoms with Crippen LogP contribution < -0.4 is 5.32 Å². The number of rotatable bonds is 4. The normalized spacial score (nSPS) is 11.9. The van der Waals surface area contributed by atoms with Crippen LogP contribution in [0, 0.1) is 0 Å². The summed E-state index contributed by atoms with van der Waals surface area (Å²) in [6.45, 7) is -0.315. The third-order valence-electron chi connectivity index (χ3n) is 1.85. The van der Waals surface area contributed by atoms with E-state index in [1.807, 2.05) is 0 Å². The van der Waals surface area contributed by atoms with Gasteiger partial charge in [-0.1, -0.05) is 15.9 Å². The molecule has 0 fully saturated rings. The highest BCUT2D eigenvalue weighted by Crippen LogP contribution is 2.10. The van der Waals surface area contributed by atoms with Crippen molar-refractivity contribution in [2.75, 3.05) is 6.54 Å². The Labute approximate surface area is 100 Å². The van der Waals surface area contributed by atoms with Crippen molar-refractivity contribution in [3.05, 3.63) is 34.3 Å². The molecule has 0 saturated heterocycles. The molecule has 1 amide bonds. The van der Waals surface area contributed by atoms with Gasteiger partial charge in [-0.3, -0.25) is 4.79 Å². The number of carbonyl (C=O) groups is 2. The van der Waals surface area contributed by atoms with Crippen LogP contribution in [0.3, 0.4) is 0 Å². The minimum Gasteiger partial charge on any atom is -0.479 e. The van der Waals surface area contributed by atoms with E-state index in [0.717, 1.165) is 4.47 Å². The van der Waals surface area contributed by atoms with Crippen LogP contribution in [0.5, 0.6) is 0 Å². The van der Waals surface area contributed by atoms with E-state index in [1.165, 1.54) is 0 Å². The van der Waals surface area contributed by atoms with E-state index >= 15 is 0 Å². The molecule has 0 spiro atoms. The number of hydrogen-bond acceptors (Lipinski definition) is 3. The molecule has 0 bridgehead atoms. The average molecular weight is 288 g/mol. The van der Waals surface area contributed by atoms with Gasteiger partial charge in [0.1, 0.15) is 0 Å². The third-order valence-corrected chi connectivity index (χ3v) is 2.38. The van der Waals surface area contributed by atoms with E-state index < -0.39 is 18.0 Å². The zero-order valence-electron chi connectivity index (χ0n) is 8.18. The molecule has 0 saturated carbocycles. The first kappa shape index (κ1) is 12.7. The molecule has 1 unspecified atom stereocenters. The Hall–Kier alpha value is -1.40. The van der Waals surface area contributed by atoms with Gasteiger partial charge in [0.2, 0.25) is 0 Å². The van der Waals surface area contributed by atoms with Gasteiger partial charge in [-0.05, 0) is 24.3 Å². The highest BCUT2D eigenvalue weighted by Gasteiger charge is 2.14. The quantitative estimate of drug-likeness (QED) is 0.758. The molecule has 16 heavy (non-hydrogen) atoms. The summed E-state index contributed by atoms with van der Waals surface area (Å²) in [5, 5.41) is 19.7. The number of carbonyl (C=O) groups excluding carboxylic acids is 1. The first-order chi connectivity index (χ1) is 7.50. The molecule has 0 aliphatic carbocycles. The van der Waals surface area contributed by atoms with Gasteiger partial charge < -0.3 is 15.5 Å². The highest BCUT2D eigenvalue weighted by molar-refractivity contribution is 9.10. The Balaban J connectivity index is 2.53. The molecule has 5 nitrogen and oxygen atoms in total. The predicted octanol–water partition coefficient (Wildman–Crippen LogP) is 0.624. The number of hydrogen-bond donors (Lipinski definition) is 3. The van der Waals surface area contributed by atoms with E-state index in [2.05, 4.69) is 21.2 Å². The lowest BCUT2D eigenvalue weighted by molar-refractivity contribution is -0.146. The molecule has 0 aliphatic heterocycles. The van der Waals surface area contributed by atoms with Crippen molar-refractivity contribution in [3.63, 3.8) is 0 Å². The topological polar surface area (TPSA) is 86.6 Å².